The number of hydrogen-bond donors (Lipinski definition) is 1. The number of carbonyl (C=O) groups is 2. The molecule has 2 amide bonds. The van der Waals surface area contributed by atoms with Crippen LogP contribution in [0.3, 0.4) is 0 Å². The van der Waals surface area contributed by atoms with E-state index in [9.17, 15) is 9.59 Å². The van der Waals surface area contributed by atoms with Gasteiger partial charge in [0.1, 0.15) is 6.04 Å². The molecule has 0 radical (unpaired) electrons. The highest BCUT2D eigenvalue weighted by molar-refractivity contribution is 7.99. The molecule has 0 aliphatic heterocycles. The van der Waals surface area contributed by atoms with Gasteiger partial charge in [0.15, 0.2) is 0 Å². The molecular formula is C22H27ClN2O2S. The predicted molar refractivity (Wildman–Crippen MR) is 117 cm³/mol. The van der Waals surface area contributed by atoms with Crippen molar-refractivity contribution in [3.8, 4) is 0 Å². The second-order valence-corrected chi connectivity index (χ2v) is 8.12. The quantitative estimate of drug-likeness (QED) is 0.655. The number of hydrogen-bond acceptors (Lipinski definition) is 3. The minimum absolute atomic E-state index is 0.0424. The third-order valence-corrected chi connectivity index (χ3v) is 5.60. The SMILES string of the molecule is CCNC(=O)[C@H](C)N(Cc1cccc(C)c1)C(=O)CSCc1ccc(Cl)cc1. The van der Waals surface area contributed by atoms with Crippen LogP contribution in [0.1, 0.15) is 30.5 Å². The second kappa shape index (κ2) is 11.1. The van der Waals surface area contributed by atoms with E-state index in [0.29, 0.717) is 23.9 Å². The van der Waals surface area contributed by atoms with E-state index in [-0.39, 0.29) is 11.8 Å². The molecule has 2 rings (SSSR count). The lowest BCUT2D eigenvalue weighted by atomic mass is 10.1. The van der Waals surface area contributed by atoms with Gasteiger partial charge in [-0.05, 0) is 44.0 Å². The van der Waals surface area contributed by atoms with E-state index < -0.39 is 6.04 Å². The Hall–Kier alpha value is -1.98. The number of rotatable bonds is 9. The number of halogens is 1. The highest BCUT2D eigenvalue weighted by Gasteiger charge is 2.25. The first-order valence-electron chi connectivity index (χ1n) is 9.35. The fraction of sp³-hybridized carbons (Fsp3) is 0.364. The van der Waals surface area contributed by atoms with Crippen molar-refractivity contribution in [1.29, 1.82) is 0 Å². The van der Waals surface area contributed by atoms with Gasteiger partial charge in [-0.2, -0.15) is 0 Å². The molecule has 6 heteroatoms. The van der Waals surface area contributed by atoms with Gasteiger partial charge in [-0.15, -0.1) is 11.8 Å². The number of nitrogens with zero attached hydrogens (tertiary/aromatic N) is 1. The maximum absolute atomic E-state index is 12.9. The van der Waals surface area contributed by atoms with Crippen LogP contribution < -0.4 is 5.32 Å². The summed E-state index contributed by atoms with van der Waals surface area (Å²) in [5, 5.41) is 3.51. The van der Waals surface area contributed by atoms with E-state index in [2.05, 4.69) is 5.32 Å². The summed E-state index contributed by atoms with van der Waals surface area (Å²) >= 11 is 7.45. The lowest BCUT2D eigenvalue weighted by Gasteiger charge is -2.28. The van der Waals surface area contributed by atoms with Crippen molar-refractivity contribution in [3.63, 3.8) is 0 Å². The lowest BCUT2D eigenvalue weighted by molar-refractivity contribution is -0.138. The Labute approximate surface area is 176 Å². The van der Waals surface area contributed by atoms with Crippen molar-refractivity contribution in [3.05, 3.63) is 70.2 Å². The highest BCUT2D eigenvalue weighted by atomic mass is 35.5. The van der Waals surface area contributed by atoms with Crippen LogP contribution in [0, 0.1) is 6.92 Å². The van der Waals surface area contributed by atoms with Gasteiger partial charge >= 0.3 is 0 Å². The van der Waals surface area contributed by atoms with Crippen LogP contribution in [-0.2, 0) is 21.9 Å². The van der Waals surface area contributed by atoms with Crippen LogP contribution in [0.5, 0.6) is 0 Å². The van der Waals surface area contributed by atoms with E-state index in [0.717, 1.165) is 22.4 Å². The Morgan fingerprint density at radius 2 is 1.86 bits per heavy atom. The average molecular weight is 419 g/mol. The van der Waals surface area contributed by atoms with E-state index in [1.807, 2.05) is 62.4 Å². The topological polar surface area (TPSA) is 49.4 Å². The molecule has 1 atom stereocenters. The number of likely N-dealkylation sites (N-methyl/N-ethyl adjacent to an activating group) is 1. The zero-order valence-corrected chi connectivity index (χ0v) is 18.1. The smallest absolute Gasteiger partial charge is 0.242 e. The molecule has 28 heavy (non-hydrogen) atoms. The number of nitrogens with one attached hydrogen (secondary N) is 1. The normalized spacial score (nSPS) is 11.7. The molecule has 4 nitrogen and oxygen atoms in total. The molecule has 0 aliphatic carbocycles. The lowest BCUT2D eigenvalue weighted by Crippen LogP contribution is -2.48. The van der Waals surface area contributed by atoms with Crippen LogP contribution in [0.15, 0.2) is 48.5 Å². The van der Waals surface area contributed by atoms with Crippen molar-refractivity contribution in [2.75, 3.05) is 12.3 Å². The van der Waals surface area contributed by atoms with Gasteiger partial charge in [0.2, 0.25) is 11.8 Å². The van der Waals surface area contributed by atoms with Crippen LogP contribution >= 0.6 is 23.4 Å². The summed E-state index contributed by atoms with van der Waals surface area (Å²) < 4.78 is 0. The first-order valence-corrected chi connectivity index (χ1v) is 10.9. The number of amides is 2. The first-order chi connectivity index (χ1) is 13.4. The van der Waals surface area contributed by atoms with E-state index in [1.165, 1.54) is 11.8 Å². The minimum atomic E-state index is -0.524. The van der Waals surface area contributed by atoms with Gasteiger partial charge in [-0.1, -0.05) is 53.6 Å². The van der Waals surface area contributed by atoms with Gasteiger partial charge in [0, 0.05) is 23.9 Å². The molecular weight excluding hydrogens is 392 g/mol. The summed E-state index contributed by atoms with van der Waals surface area (Å²) in [4.78, 5) is 26.9. The number of thioether (sulfide) groups is 1. The zero-order chi connectivity index (χ0) is 20.5. The summed E-state index contributed by atoms with van der Waals surface area (Å²) in [6, 6.07) is 15.1. The van der Waals surface area contributed by atoms with Crippen molar-refractivity contribution < 1.29 is 9.59 Å². The largest absolute Gasteiger partial charge is 0.355 e. The molecule has 2 aromatic carbocycles. The Morgan fingerprint density at radius 3 is 2.50 bits per heavy atom. The summed E-state index contributed by atoms with van der Waals surface area (Å²) in [6.07, 6.45) is 0. The standard InChI is InChI=1S/C22H27ClN2O2S/c1-4-24-22(27)17(3)25(13-19-7-5-6-16(2)12-19)21(26)15-28-14-18-8-10-20(23)11-9-18/h5-12,17H,4,13-15H2,1-3H3,(H,24,27)/t17-/m0/s1. The fourth-order valence-electron chi connectivity index (χ4n) is 2.83. The third kappa shape index (κ3) is 6.88. The van der Waals surface area contributed by atoms with Crippen LogP contribution in [0.25, 0.3) is 0 Å². The Bertz CT molecular complexity index is 795. The van der Waals surface area contributed by atoms with Gasteiger partial charge in [0.25, 0.3) is 0 Å². The van der Waals surface area contributed by atoms with Crippen molar-refractivity contribution in [2.45, 2.75) is 39.1 Å². The van der Waals surface area contributed by atoms with Crippen LogP contribution in [-0.4, -0.2) is 35.1 Å². The third-order valence-electron chi connectivity index (χ3n) is 4.36. The molecule has 0 fully saturated rings. The molecule has 0 heterocycles. The Morgan fingerprint density at radius 1 is 1.14 bits per heavy atom. The molecule has 0 unspecified atom stereocenters. The molecule has 150 valence electrons. The molecule has 0 saturated carbocycles. The summed E-state index contributed by atoms with van der Waals surface area (Å²) in [6.45, 7) is 6.63. The van der Waals surface area contributed by atoms with Crippen molar-refractivity contribution in [2.24, 2.45) is 0 Å². The average Bonchev–Trinajstić information content (AvgIpc) is 2.67. The van der Waals surface area contributed by atoms with E-state index >= 15 is 0 Å². The van der Waals surface area contributed by atoms with Gasteiger partial charge in [0.05, 0.1) is 5.75 Å². The molecule has 0 aromatic heterocycles. The Kier molecular flexibility index (Phi) is 8.87. The highest BCUT2D eigenvalue weighted by Crippen LogP contribution is 2.18. The molecule has 0 bridgehead atoms. The first kappa shape index (κ1) is 22.3. The van der Waals surface area contributed by atoms with Crippen molar-refractivity contribution in [1.82, 2.24) is 10.2 Å². The molecule has 1 N–H and O–H groups in total. The fourth-order valence-corrected chi connectivity index (χ4v) is 3.83. The number of aryl methyl sites for hydroxylation is 1. The molecule has 0 aliphatic rings. The van der Waals surface area contributed by atoms with Gasteiger partial charge in [-0.3, -0.25) is 9.59 Å². The predicted octanol–water partition coefficient (Wildman–Crippen LogP) is 4.44. The molecule has 2 aromatic rings. The van der Waals surface area contributed by atoms with E-state index in [1.54, 1.807) is 11.8 Å². The molecule has 0 saturated heterocycles. The van der Waals surface area contributed by atoms with Crippen LogP contribution in [0.2, 0.25) is 5.02 Å². The van der Waals surface area contributed by atoms with Crippen LogP contribution in [0.4, 0.5) is 0 Å². The van der Waals surface area contributed by atoms with Crippen molar-refractivity contribution >= 4 is 35.2 Å². The Balaban J connectivity index is 2.04. The maximum Gasteiger partial charge on any atom is 0.242 e. The molecule has 0 spiro atoms. The van der Waals surface area contributed by atoms with Gasteiger partial charge in [-0.25, -0.2) is 0 Å². The summed E-state index contributed by atoms with van der Waals surface area (Å²) in [5.41, 5.74) is 3.27. The summed E-state index contributed by atoms with van der Waals surface area (Å²) in [5.74, 6) is 0.861. The number of carbonyl (C=O) groups excluding carboxylic acids is 2. The summed E-state index contributed by atoms with van der Waals surface area (Å²) in [7, 11) is 0. The number of benzene rings is 2. The second-order valence-electron chi connectivity index (χ2n) is 6.70. The van der Waals surface area contributed by atoms with Gasteiger partial charge < -0.3 is 10.2 Å². The van der Waals surface area contributed by atoms with E-state index in [4.69, 9.17) is 11.6 Å². The monoisotopic (exact) mass is 418 g/mol. The zero-order valence-electron chi connectivity index (χ0n) is 16.6. The minimum Gasteiger partial charge on any atom is -0.355 e. The maximum atomic E-state index is 12.9.